The summed E-state index contributed by atoms with van der Waals surface area (Å²) in [7, 11) is 3.07. The molecule has 0 aliphatic carbocycles. The third kappa shape index (κ3) is 4.74. The van der Waals surface area contributed by atoms with Gasteiger partial charge in [0.15, 0.2) is 0 Å². The predicted octanol–water partition coefficient (Wildman–Crippen LogP) is 2.26. The molecule has 1 amide bonds. The van der Waals surface area contributed by atoms with E-state index in [2.05, 4.69) is 34.6 Å². The van der Waals surface area contributed by atoms with Gasteiger partial charge in [0.25, 0.3) is 5.56 Å². The van der Waals surface area contributed by atoms with E-state index in [4.69, 9.17) is 0 Å². The molecular formula is C23H28N4O3S. The van der Waals surface area contributed by atoms with E-state index in [0.717, 1.165) is 27.8 Å². The van der Waals surface area contributed by atoms with Crippen molar-refractivity contribution in [2.24, 2.45) is 14.1 Å². The molecule has 3 rings (SSSR count). The van der Waals surface area contributed by atoms with Crippen molar-refractivity contribution in [3.05, 3.63) is 67.5 Å². The van der Waals surface area contributed by atoms with Crippen LogP contribution in [0.2, 0.25) is 0 Å². The maximum Gasteiger partial charge on any atom is 0.332 e. The third-order valence-electron chi connectivity index (χ3n) is 5.67. The van der Waals surface area contributed by atoms with Crippen LogP contribution in [0.3, 0.4) is 0 Å². The van der Waals surface area contributed by atoms with Crippen LogP contribution in [0, 0.1) is 13.8 Å². The number of carbonyl (C=O) groups excluding carboxylic acids is 1. The molecule has 164 valence electrons. The van der Waals surface area contributed by atoms with Crippen LogP contribution < -0.4 is 16.6 Å². The Morgan fingerprint density at radius 2 is 1.74 bits per heavy atom. The fourth-order valence-electron chi connectivity index (χ4n) is 3.77. The summed E-state index contributed by atoms with van der Waals surface area (Å²) in [4.78, 5) is 43.0. The minimum atomic E-state index is -0.404. The number of rotatable bonds is 7. The van der Waals surface area contributed by atoms with Crippen molar-refractivity contribution in [1.29, 1.82) is 0 Å². The molecule has 0 radical (unpaired) electrons. The van der Waals surface area contributed by atoms with Gasteiger partial charge < -0.3 is 5.32 Å². The van der Waals surface area contributed by atoms with Crippen LogP contribution in [-0.4, -0.2) is 32.8 Å². The zero-order valence-corrected chi connectivity index (χ0v) is 19.4. The Balaban J connectivity index is 1.69. The molecule has 0 saturated heterocycles. The fourth-order valence-corrected chi connectivity index (χ4v) is 4.18. The summed E-state index contributed by atoms with van der Waals surface area (Å²) in [5.41, 5.74) is 3.19. The van der Waals surface area contributed by atoms with E-state index in [1.165, 1.54) is 22.1 Å². The Bertz CT molecular complexity index is 1240. The third-order valence-corrected chi connectivity index (χ3v) is 6.41. The molecule has 31 heavy (non-hydrogen) atoms. The van der Waals surface area contributed by atoms with Gasteiger partial charge in [-0.1, -0.05) is 12.1 Å². The molecule has 0 unspecified atom stereocenters. The first-order chi connectivity index (χ1) is 14.7. The molecule has 7 nitrogen and oxygen atoms in total. The van der Waals surface area contributed by atoms with Gasteiger partial charge in [-0.3, -0.25) is 18.7 Å². The number of aromatic nitrogens is 3. The molecule has 0 aliphatic rings. The van der Waals surface area contributed by atoms with Gasteiger partial charge >= 0.3 is 5.69 Å². The lowest BCUT2D eigenvalue weighted by Crippen LogP contribution is -2.38. The number of aryl methyl sites for hydroxylation is 3. The van der Waals surface area contributed by atoms with Gasteiger partial charge in [-0.2, -0.15) is 0 Å². The number of nitrogens with zero attached hydrogens (tertiary/aromatic N) is 3. The SMILES string of the molecule is CSc1ccc(CCNC(=O)CCc2c(C)nc3c(c2C)c(=O)n(C)c(=O)n3C)cc1. The smallest absolute Gasteiger partial charge is 0.332 e. The molecule has 0 aliphatic heterocycles. The lowest BCUT2D eigenvalue weighted by Gasteiger charge is -2.14. The quantitative estimate of drug-likeness (QED) is 0.570. The second-order valence-corrected chi connectivity index (χ2v) is 8.53. The first-order valence-corrected chi connectivity index (χ1v) is 11.4. The standard InChI is InChI=1S/C23H28N4O3S/c1-14-18(15(2)25-21-20(14)22(29)27(4)23(30)26(21)3)10-11-19(28)24-13-12-16-6-8-17(31-5)9-7-16/h6-9H,10-13H2,1-5H3,(H,24,28). The van der Waals surface area contributed by atoms with Gasteiger partial charge in [0.05, 0.1) is 5.39 Å². The van der Waals surface area contributed by atoms with Crippen LogP contribution in [0.5, 0.6) is 0 Å². The van der Waals surface area contributed by atoms with Crippen molar-refractivity contribution in [2.45, 2.75) is 38.0 Å². The normalized spacial score (nSPS) is 11.1. The monoisotopic (exact) mass is 440 g/mol. The molecule has 3 aromatic rings. The lowest BCUT2D eigenvalue weighted by molar-refractivity contribution is -0.121. The summed E-state index contributed by atoms with van der Waals surface area (Å²) in [5, 5.41) is 3.40. The summed E-state index contributed by atoms with van der Waals surface area (Å²) >= 11 is 1.70. The summed E-state index contributed by atoms with van der Waals surface area (Å²) in [6.07, 6.45) is 3.62. The van der Waals surface area contributed by atoms with Gasteiger partial charge in [0, 0.05) is 37.7 Å². The van der Waals surface area contributed by atoms with Gasteiger partial charge in [-0.05, 0) is 61.8 Å². The van der Waals surface area contributed by atoms with Crippen LogP contribution in [0.25, 0.3) is 11.0 Å². The highest BCUT2D eigenvalue weighted by molar-refractivity contribution is 7.98. The Morgan fingerprint density at radius 1 is 1.06 bits per heavy atom. The Labute approximate surface area is 185 Å². The van der Waals surface area contributed by atoms with Gasteiger partial charge in [-0.25, -0.2) is 9.78 Å². The molecule has 2 aromatic heterocycles. The topological polar surface area (TPSA) is 86.0 Å². The Hall–Kier alpha value is -2.87. The van der Waals surface area contributed by atoms with E-state index in [1.807, 2.05) is 20.1 Å². The van der Waals surface area contributed by atoms with Crippen molar-refractivity contribution in [2.75, 3.05) is 12.8 Å². The molecule has 8 heteroatoms. The average molecular weight is 441 g/mol. The molecular weight excluding hydrogens is 412 g/mol. The first-order valence-electron chi connectivity index (χ1n) is 10.2. The fraction of sp³-hybridized carbons (Fsp3) is 0.391. The minimum Gasteiger partial charge on any atom is -0.356 e. The van der Waals surface area contributed by atoms with Crippen LogP contribution in [0.4, 0.5) is 0 Å². The highest BCUT2D eigenvalue weighted by Crippen LogP contribution is 2.20. The number of thioether (sulfide) groups is 1. The Morgan fingerprint density at radius 3 is 2.39 bits per heavy atom. The molecule has 0 saturated carbocycles. The van der Waals surface area contributed by atoms with E-state index in [1.54, 1.807) is 18.8 Å². The molecule has 1 N–H and O–H groups in total. The lowest BCUT2D eigenvalue weighted by atomic mass is 10.00. The van der Waals surface area contributed by atoms with Gasteiger partial charge in [-0.15, -0.1) is 11.8 Å². The van der Waals surface area contributed by atoms with Gasteiger partial charge in [0.1, 0.15) is 5.65 Å². The highest BCUT2D eigenvalue weighted by atomic mass is 32.2. The zero-order chi connectivity index (χ0) is 22.7. The van der Waals surface area contributed by atoms with Crippen molar-refractivity contribution in [3.8, 4) is 0 Å². The van der Waals surface area contributed by atoms with Crippen molar-refractivity contribution in [3.63, 3.8) is 0 Å². The minimum absolute atomic E-state index is 0.0343. The van der Waals surface area contributed by atoms with E-state index in [9.17, 15) is 14.4 Å². The molecule has 0 bridgehead atoms. The summed E-state index contributed by atoms with van der Waals surface area (Å²) < 4.78 is 2.48. The second kappa shape index (κ2) is 9.51. The van der Waals surface area contributed by atoms with Crippen LogP contribution in [0.1, 0.15) is 28.8 Å². The first kappa shape index (κ1) is 22.8. The number of carbonyl (C=O) groups is 1. The number of amides is 1. The number of fused-ring (bicyclic) bond motifs is 1. The zero-order valence-electron chi connectivity index (χ0n) is 18.6. The van der Waals surface area contributed by atoms with E-state index >= 15 is 0 Å². The number of hydrogen-bond donors (Lipinski definition) is 1. The van der Waals surface area contributed by atoms with E-state index in [0.29, 0.717) is 30.4 Å². The predicted molar refractivity (Wildman–Crippen MR) is 125 cm³/mol. The number of pyridine rings is 1. The van der Waals surface area contributed by atoms with E-state index < -0.39 is 5.69 Å². The maximum atomic E-state index is 12.7. The summed E-state index contributed by atoms with van der Waals surface area (Å²) in [6, 6.07) is 8.33. The second-order valence-electron chi connectivity index (χ2n) is 7.65. The molecule has 0 atom stereocenters. The summed E-state index contributed by atoms with van der Waals surface area (Å²) in [6.45, 7) is 4.28. The van der Waals surface area contributed by atoms with Crippen LogP contribution in [-0.2, 0) is 31.7 Å². The summed E-state index contributed by atoms with van der Waals surface area (Å²) in [5.74, 6) is -0.0343. The molecule has 2 heterocycles. The van der Waals surface area contributed by atoms with Crippen molar-refractivity contribution in [1.82, 2.24) is 19.4 Å². The molecule has 0 fully saturated rings. The number of hydrogen-bond acceptors (Lipinski definition) is 5. The van der Waals surface area contributed by atoms with Crippen molar-refractivity contribution >= 4 is 28.7 Å². The maximum absolute atomic E-state index is 12.7. The van der Waals surface area contributed by atoms with Crippen LogP contribution >= 0.6 is 11.8 Å². The Kier molecular flexibility index (Phi) is 7.00. The van der Waals surface area contributed by atoms with Crippen LogP contribution in [0.15, 0.2) is 38.8 Å². The number of nitrogens with one attached hydrogen (secondary N) is 1. The average Bonchev–Trinajstić information content (AvgIpc) is 2.76. The largest absolute Gasteiger partial charge is 0.356 e. The number of benzene rings is 1. The molecule has 1 aromatic carbocycles. The highest BCUT2D eigenvalue weighted by Gasteiger charge is 2.17. The van der Waals surface area contributed by atoms with Gasteiger partial charge in [0.2, 0.25) is 5.91 Å². The van der Waals surface area contributed by atoms with E-state index in [-0.39, 0.29) is 11.5 Å². The van der Waals surface area contributed by atoms with Crippen molar-refractivity contribution < 1.29 is 4.79 Å². The molecule has 0 spiro atoms.